The maximum atomic E-state index is 13.7. The molecule has 0 spiro atoms. The van der Waals surface area contributed by atoms with Crippen molar-refractivity contribution in [2.24, 2.45) is 0 Å². The van der Waals surface area contributed by atoms with Gasteiger partial charge in [-0.15, -0.1) is 0 Å². The third-order valence-electron chi connectivity index (χ3n) is 3.61. The van der Waals surface area contributed by atoms with Gasteiger partial charge >= 0.3 is 0 Å². The smallest absolute Gasteiger partial charge is 0.127 e. The second-order valence-electron chi connectivity index (χ2n) is 5.36. The minimum atomic E-state index is -0.388. The fourth-order valence-electron chi connectivity index (χ4n) is 2.32. The molecule has 0 heterocycles. The van der Waals surface area contributed by atoms with Gasteiger partial charge in [-0.1, -0.05) is 35.9 Å². The summed E-state index contributed by atoms with van der Waals surface area (Å²) in [5.41, 5.74) is 1.69. The number of unbranched alkanes of at least 4 members (excludes halogenated alkanes) is 1. The third kappa shape index (κ3) is 4.60. The van der Waals surface area contributed by atoms with Crippen molar-refractivity contribution in [3.8, 4) is 11.8 Å². The fourth-order valence-corrected chi connectivity index (χ4v) is 2.32. The number of hydrogen-bond acceptors (Lipinski definition) is 2. The number of ether oxygens (including phenoxy) is 1. The van der Waals surface area contributed by atoms with Crippen LogP contribution in [0.5, 0.6) is 5.75 Å². The van der Waals surface area contributed by atoms with E-state index in [1.807, 2.05) is 31.2 Å². The summed E-state index contributed by atoms with van der Waals surface area (Å²) < 4.78 is 19.3. The second kappa shape index (κ2) is 8.19. The number of hydrogen-bond donors (Lipinski definition) is 0. The maximum Gasteiger partial charge on any atom is 0.127 e. The van der Waals surface area contributed by atoms with Crippen molar-refractivity contribution in [3.05, 3.63) is 65.5 Å². The van der Waals surface area contributed by atoms with Crippen molar-refractivity contribution in [3.63, 3.8) is 0 Å². The molecule has 0 fully saturated rings. The number of aryl methyl sites for hydroxylation is 1. The van der Waals surface area contributed by atoms with Crippen LogP contribution in [0.3, 0.4) is 0 Å². The Morgan fingerprint density at radius 1 is 1.09 bits per heavy atom. The fraction of sp³-hybridized carbons (Fsp3) is 0.316. The van der Waals surface area contributed by atoms with E-state index >= 15 is 0 Å². The summed E-state index contributed by atoms with van der Waals surface area (Å²) in [6.07, 6.45) is 2.33. The molecule has 0 bridgehead atoms. The molecule has 0 saturated heterocycles. The molecule has 2 aromatic rings. The van der Waals surface area contributed by atoms with Crippen LogP contribution in [0.1, 0.15) is 36.3 Å². The lowest BCUT2D eigenvalue weighted by molar-refractivity contribution is 0.304. The number of halogens is 1. The zero-order chi connectivity index (χ0) is 15.8. The van der Waals surface area contributed by atoms with Gasteiger partial charge in [0.25, 0.3) is 0 Å². The molecule has 22 heavy (non-hydrogen) atoms. The number of rotatable bonds is 7. The average Bonchev–Trinajstić information content (AvgIpc) is 2.54. The molecule has 2 aromatic carbocycles. The van der Waals surface area contributed by atoms with Crippen molar-refractivity contribution in [2.75, 3.05) is 6.61 Å². The van der Waals surface area contributed by atoms with Crippen LogP contribution in [-0.4, -0.2) is 6.61 Å². The van der Waals surface area contributed by atoms with Crippen molar-refractivity contribution in [1.82, 2.24) is 0 Å². The van der Waals surface area contributed by atoms with E-state index in [1.165, 1.54) is 11.6 Å². The quantitative estimate of drug-likeness (QED) is 0.674. The van der Waals surface area contributed by atoms with Crippen LogP contribution >= 0.6 is 0 Å². The minimum absolute atomic E-state index is 0.301. The van der Waals surface area contributed by atoms with Gasteiger partial charge in [0.1, 0.15) is 11.6 Å². The predicted molar refractivity (Wildman–Crippen MR) is 85.3 cm³/mol. The van der Waals surface area contributed by atoms with Gasteiger partial charge in [0, 0.05) is 5.56 Å². The Bertz CT molecular complexity index is 631. The molecule has 0 amide bonds. The van der Waals surface area contributed by atoms with Crippen molar-refractivity contribution in [1.29, 1.82) is 5.26 Å². The van der Waals surface area contributed by atoms with E-state index in [1.54, 1.807) is 18.2 Å². The van der Waals surface area contributed by atoms with Crippen LogP contribution in [0, 0.1) is 24.1 Å². The maximum absolute atomic E-state index is 13.7. The Hall–Kier alpha value is -2.34. The van der Waals surface area contributed by atoms with Crippen LogP contribution < -0.4 is 4.74 Å². The van der Waals surface area contributed by atoms with Crippen LogP contribution in [0.2, 0.25) is 0 Å². The molecular weight excluding hydrogens is 277 g/mol. The lowest BCUT2D eigenvalue weighted by Crippen LogP contribution is -2.02. The van der Waals surface area contributed by atoms with Crippen molar-refractivity contribution in [2.45, 2.75) is 32.1 Å². The van der Waals surface area contributed by atoms with E-state index < -0.39 is 0 Å². The molecule has 2 nitrogen and oxygen atoms in total. The summed E-state index contributed by atoms with van der Waals surface area (Å²) in [6, 6.07) is 16.6. The highest BCUT2D eigenvalue weighted by Crippen LogP contribution is 2.24. The topological polar surface area (TPSA) is 33.0 Å². The summed E-state index contributed by atoms with van der Waals surface area (Å²) in [5.74, 6) is 0.169. The SMILES string of the molecule is Cc1ccc(OCCCCC(C#N)c2ccccc2F)cc1. The summed E-state index contributed by atoms with van der Waals surface area (Å²) >= 11 is 0. The van der Waals surface area contributed by atoms with E-state index in [2.05, 4.69) is 6.07 Å². The van der Waals surface area contributed by atoms with E-state index in [-0.39, 0.29) is 11.7 Å². The number of benzene rings is 2. The zero-order valence-corrected chi connectivity index (χ0v) is 12.8. The normalized spacial score (nSPS) is 11.7. The first-order chi connectivity index (χ1) is 10.7. The summed E-state index contributed by atoms with van der Waals surface area (Å²) in [6.45, 7) is 2.65. The second-order valence-corrected chi connectivity index (χ2v) is 5.36. The van der Waals surface area contributed by atoms with Gasteiger partial charge in [0.05, 0.1) is 18.6 Å². The summed E-state index contributed by atoms with van der Waals surface area (Å²) in [5, 5.41) is 9.22. The van der Waals surface area contributed by atoms with Gasteiger partial charge < -0.3 is 4.74 Å². The molecule has 2 rings (SSSR count). The predicted octanol–water partition coefficient (Wildman–Crippen LogP) is 4.99. The highest BCUT2D eigenvalue weighted by molar-refractivity contribution is 5.27. The van der Waals surface area contributed by atoms with Crippen LogP contribution in [-0.2, 0) is 0 Å². The molecule has 3 heteroatoms. The van der Waals surface area contributed by atoms with Gasteiger partial charge in [-0.25, -0.2) is 4.39 Å². The summed E-state index contributed by atoms with van der Waals surface area (Å²) in [7, 11) is 0. The number of nitriles is 1. The van der Waals surface area contributed by atoms with Crippen LogP contribution in [0.4, 0.5) is 4.39 Å². The van der Waals surface area contributed by atoms with Gasteiger partial charge in [0.15, 0.2) is 0 Å². The van der Waals surface area contributed by atoms with Gasteiger partial charge in [0.2, 0.25) is 0 Å². The monoisotopic (exact) mass is 297 g/mol. The standard InChI is InChI=1S/C19H20FNO/c1-15-9-11-17(12-10-15)22-13-5-4-6-16(14-21)18-7-2-3-8-19(18)20/h2-3,7-12,16H,4-6,13H2,1H3. The van der Waals surface area contributed by atoms with E-state index in [4.69, 9.17) is 4.74 Å². The van der Waals surface area contributed by atoms with E-state index in [0.717, 1.165) is 18.6 Å². The third-order valence-corrected chi connectivity index (χ3v) is 3.61. The molecule has 0 saturated carbocycles. The van der Waals surface area contributed by atoms with Gasteiger partial charge in [-0.2, -0.15) is 5.26 Å². The largest absolute Gasteiger partial charge is 0.494 e. The lowest BCUT2D eigenvalue weighted by atomic mass is 9.94. The lowest BCUT2D eigenvalue weighted by Gasteiger charge is -2.11. The van der Waals surface area contributed by atoms with Crippen LogP contribution in [0.15, 0.2) is 48.5 Å². The number of nitrogens with zero attached hydrogens (tertiary/aromatic N) is 1. The molecule has 1 atom stereocenters. The van der Waals surface area contributed by atoms with Gasteiger partial charge in [-0.05, 0) is 44.4 Å². The molecule has 114 valence electrons. The first-order valence-electron chi connectivity index (χ1n) is 7.54. The van der Waals surface area contributed by atoms with E-state index in [9.17, 15) is 9.65 Å². The Morgan fingerprint density at radius 2 is 1.82 bits per heavy atom. The molecule has 0 aromatic heterocycles. The van der Waals surface area contributed by atoms with E-state index in [0.29, 0.717) is 18.6 Å². The molecule has 0 aliphatic rings. The Balaban J connectivity index is 1.74. The van der Waals surface area contributed by atoms with Crippen molar-refractivity contribution >= 4 is 0 Å². The van der Waals surface area contributed by atoms with Gasteiger partial charge in [-0.3, -0.25) is 0 Å². The Kier molecular flexibility index (Phi) is 5.97. The first kappa shape index (κ1) is 16.0. The zero-order valence-electron chi connectivity index (χ0n) is 12.8. The molecule has 0 radical (unpaired) electrons. The molecule has 0 aliphatic heterocycles. The van der Waals surface area contributed by atoms with Crippen molar-refractivity contribution < 1.29 is 9.13 Å². The van der Waals surface area contributed by atoms with Crippen LogP contribution in [0.25, 0.3) is 0 Å². The highest BCUT2D eigenvalue weighted by atomic mass is 19.1. The Labute approximate surface area is 131 Å². The minimum Gasteiger partial charge on any atom is -0.494 e. The molecule has 0 N–H and O–H groups in total. The summed E-state index contributed by atoms with van der Waals surface area (Å²) in [4.78, 5) is 0. The first-order valence-corrected chi connectivity index (χ1v) is 7.54. The molecule has 1 unspecified atom stereocenters. The Morgan fingerprint density at radius 3 is 2.50 bits per heavy atom. The highest BCUT2D eigenvalue weighted by Gasteiger charge is 2.14. The molecule has 0 aliphatic carbocycles. The average molecular weight is 297 g/mol. The molecular formula is C19H20FNO.